The fraction of sp³-hybridized carbons (Fsp3) is 0.185. The van der Waals surface area contributed by atoms with Gasteiger partial charge in [0.25, 0.3) is 0 Å². The van der Waals surface area contributed by atoms with Crippen LogP contribution in [-0.2, 0) is 0 Å². The van der Waals surface area contributed by atoms with Crippen molar-refractivity contribution < 1.29 is 23.7 Å². The topological polar surface area (TPSA) is 92.4 Å². The van der Waals surface area contributed by atoms with Crippen LogP contribution in [0.2, 0.25) is 5.02 Å². The summed E-state index contributed by atoms with van der Waals surface area (Å²) in [6, 6.07) is 14.2. The van der Waals surface area contributed by atoms with Crippen LogP contribution < -0.4 is 24.7 Å². The van der Waals surface area contributed by atoms with E-state index < -0.39 is 0 Å². The Kier molecular flexibility index (Phi) is 8.75. The van der Waals surface area contributed by atoms with Crippen molar-refractivity contribution in [2.75, 3.05) is 34.2 Å². The van der Waals surface area contributed by atoms with E-state index in [0.29, 0.717) is 45.0 Å². The van der Waals surface area contributed by atoms with E-state index in [0.717, 1.165) is 11.1 Å². The smallest absolute Gasteiger partial charge is 0.203 e. The number of carbonyl (C=O) groups excluding carboxylic acids is 1. The average Bonchev–Trinajstić information content (AvgIpc) is 2.86. The van der Waals surface area contributed by atoms with Gasteiger partial charge in [0.15, 0.2) is 23.0 Å². The Bertz CT molecular complexity index is 1250. The van der Waals surface area contributed by atoms with Crippen LogP contribution in [-0.4, -0.2) is 40.4 Å². The molecule has 35 heavy (non-hydrogen) atoms. The summed E-state index contributed by atoms with van der Waals surface area (Å²) in [4.78, 5) is 16.9. The molecule has 2 N–H and O–H groups in total. The maximum absolute atomic E-state index is 12.5. The number of para-hydroxylation sites is 1. The van der Waals surface area contributed by atoms with Gasteiger partial charge in [0.2, 0.25) is 5.75 Å². The Balaban J connectivity index is 1.87. The predicted octanol–water partition coefficient (Wildman–Crippen LogP) is 6.10. The average molecular weight is 495 g/mol. The zero-order chi connectivity index (χ0) is 25.4. The Morgan fingerprint density at radius 2 is 1.49 bits per heavy atom. The third-order valence-electron chi connectivity index (χ3n) is 5.17. The Morgan fingerprint density at radius 1 is 0.886 bits per heavy atom. The molecular weight excluding hydrogens is 468 g/mol. The standard InChI is InChI=1S/C27H27ClN2O5/c1-32-24-15-18(16-25(33-2)27(24)35-4)10-9-17-13-20(28)26(34-3)22(14-17)30-12-11-23(31)19-7-5-6-8-21(19)29/h5-10,12-16H,11,29H2,1-4H3/b10-9-,30-12?. The van der Waals surface area contributed by atoms with Crippen molar-refractivity contribution in [2.24, 2.45) is 4.99 Å². The second kappa shape index (κ2) is 11.9. The molecule has 0 heterocycles. The van der Waals surface area contributed by atoms with Crippen LogP contribution >= 0.6 is 11.6 Å². The van der Waals surface area contributed by atoms with E-state index in [9.17, 15) is 4.79 Å². The number of hydrogen-bond donors (Lipinski definition) is 1. The quantitative estimate of drug-likeness (QED) is 0.158. The van der Waals surface area contributed by atoms with Crippen molar-refractivity contribution in [1.29, 1.82) is 0 Å². The van der Waals surface area contributed by atoms with Crippen molar-refractivity contribution in [3.63, 3.8) is 0 Å². The maximum atomic E-state index is 12.5. The lowest BCUT2D eigenvalue weighted by Gasteiger charge is -2.13. The molecule has 0 bridgehead atoms. The lowest BCUT2D eigenvalue weighted by molar-refractivity contribution is 0.100. The van der Waals surface area contributed by atoms with Crippen LogP contribution in [0.15, 0.2) is 53.5 Å². The Hall–Kier alpha value is -3.97. The van der Waals surface area contributed by atoms with Crippen LogP contribution in [0, 0.1) is 0 Å². The minimum absolute atomic E-state index is 0.0838. The Morgan fingerprint density at radius 3 is 2.06 bits per heavy atom. The molecule has 0 aliphatic rings. The van der Waals surface area contributed by atoms with Gasteiger partial charge in [-0.15, -0.1) is 0 Å². The van der Waals surface area contributed by atoms with Crippen molar-refractivity contribution in [2.45, 2.75) is 6.42 Å². The van der Waals surface area contributed by atoms with Crippen molar-refractivity contribution in [3.05, 3.63) is 70.2 Å². The number of halogens is 1. The summed E-state index contributed by atoms with van der Waals surface area (Å²) in [6.45, 7) is 0. The third-order valence-corrected chi connectivity index (χ3v) is 5.45. The van der Waals surface area contributed by atoms with Crippen molar-refractivity contribution in [3.8, 4) is 23.0 Å². The van der Waals surface area contributed by atoms with E-state index in [1.54, 1.807) is 51.7 Å². The molecule has 0 fully saturated rings. The normalized spacial score (nSPS) is 11.1. The number of nitrogen functional groups attached to an aromatic ring is 1. The number of hydrogen-bond acceptors (Lipinski definition) is 7. The predicted molar refractivity (Wildman–Crippen MR) is 141 cm³/mol. The fourth-order valence-electron chi connectivity index (χ4n) is 3.47. The first-order valence-electron chi connectivity index (χ1n) is 10.7. The molecular formula is C27H27ClN2O5. The molecule has 0 radical (unpaired) electrons. The molecule has 0 saturated carbocycles. The van der Waals surface area contributed by atoms with Crippen molar-refractivity contribution >= 4 is 47.1 Å². The summed E-state index contributed by atoms with van der Waals surface area (Å²) >= 11 is 6.44. The number of carbonyl (C=O) groups is 1. The first-order chi connectivity index (χ1) is 16.9. The second-order valence-corrected chi connectivity index (χ2v) is 7.78. The molecule has 3 aromatic rings. The van der Waals surface area contributed by atoms with Crippen LogP contribution in [0.3, 0.4) is 0 Å². The van der Waals surface area contributed by atoms with E-state index in [1.165, 1.54) is 13.3 Å². The summed E-state index contributed by atoms with van der Waals surface area (Å²) in [5, 5.41) is 0.394. The number of ketones is 1. The highest BCUT2D eigenvalue weighted by molar-refractivity contribution is 6.32. The van der Waals surface area contributed by atoms with E-state index in [1.807, 2.05) is 30.4 Å². The summed E-state index contributed by atoms with van der Waals surface area (Å²) < 4.78 is 21.6. The minimum Gasteiger partial charge on any atom is -0.493 e. The summed E-state index contributed by atoms with van der Waals surface area (Å²) in [6.07, 6.45) is 5.37. The monoisotopic (exact) mass is 494 g/mol. The van der Waals surface area contributed by atoms with Gasteiger partial charge in [-0.25, -0.2) is 0 Å². The minimum atomic E-state index is -0.129. The van der Waals surface area contributed by atoms with Gasteiger partial charge in [0.05, 0.1) is 33.5 Å². The van der Waals surface area contributed by atoms with Crippen LogP contribution in [0.5, 0.6) is 23.0 Å². The second-order valence-electron chi connectivity index (χ2n) is 7.37. The number of nitrogens with two attached hydrogens (primary N) is 1. The number of methoxy groups -OCH3 is 4. The fourth-order valence-corrected chi connectivity index (χ4v) is 3.77. The number of Topliss-reactive ketones (excluding diaryl/α,β-unsaturated/α-hetero) is 1. The number of aliphatic imine (C=N–C) groups is 1. The van der Waals surface area contributed by atoms with Crippen LogP contribution in [0.25, 0.3) is 12.2 Å². The lowest BCUT2D eigenvalue weighted by Crippen LogP contribution is -2.03. The molecule has 0 aliphatic carbocycles. The number of benzene rings is 3. The molecule has 8 heteroatoms. The van der Waals surface area contributed by atoms with Crippen LogP contribution in [0.1, 0.15) is 27.9 Å². The first-order valence-corrected chi connectivity index (χ1v) is 11.1. The highest BCUT2D eigenvalue weighted by atomic mass is 35.5. The van der Waals surface area contributed by atoms with Gasteiger partial charge in [-0.2, -0.15) is 0 Å². The zero-order valence-corrected chi connectivity index (χ0v) is 20.8. The molecule has 0 spiro atoms. The lowest BCUT2D eigenvalue weighted by atomic mass is 10.1. The van der Waals surface area contributed by atoms with Gasteiger partial charge in [0, 0.05) is 23.9 Å². The Labute approximate surface area is 209 Å². The number of nitrogens with zero attached hydrogens (tertiary/aromatic N) is 1. The molecule has 7 nitrogen and oxygen atoms in total. The molecule has 0 amide bonds. The SMILES string of the molecule is COc1cc(/C=C\c2cc(Cl)c(OC)c(N=CCC(=O)c3ccccc3N)c2)cc(OC)c1OC. The van der Waals surface area contributed by atoms with Gasteiger partial charge in [-0.3, -0.25) is 9.79 Å². The third kappa shape index (κ3) is 6.13. The van der Waals surface area contributed by atoms with Gasteiger partial charge in [-0.05, 0) is 47.5 Å². The van der Waals surface area contributed by atoms with Gasteiger partial charge < -0.3 is 24.7 Å². The molecule has 0 unspecified atom stereocenters. The van der Waals surface area contributed by atoms with E-state index in [2.05, 4.69) is 4.99 Å². The molecule has 0 aromatic heterocycles. The molecule has 3 rings (SSSR count). The molecule has 3 aromatic carbocycles. The largest absolute Gasteiger partial charge is 0.493 e. The van der Waals surface area contributed by atoms with Gasteiger partial charge in [-0.1, -0.05) is 35.9 Å². The number of rotatable bonds is 10. The molecule has 182 valence electrons. The van der Waals surface area contributed by atoms with E-state index in [-0.39, 0.29) is 12.2 Å². The molecule has 0 saturated heterocycles. The van der Waals surface area contributed by atoms with E-state index in [4.69, 9.17) is 36.3 Å². The first kappa shape index (κ1) is 25.6. The molecule has 0 aliphatic heterocycles. The summed E-state index contributed by atoms with van der Waals surface area (Å²) in [5.41, 5.74) is 8.91. The highest BCUT2D eigenvalue weighted by Gasteiger charge is 2.13. The highest BCUT2D eigenvalue weighted by Crippen LogP contribution is 2.39. The number of anilines is 1. The summed E-state index contributed by atoms with van der Waals surface area (Å²) in [5.74, 6) is 1.90. The van der Waals surface area contributed by atoms with Crippen LogP contribution in [0.4, 0.5) is 11.4 Å². The molecule has 0 atom stereocenters. The maximum Gasteiger partial charge on any atom is 0.203 e. The van der Waals surface area contributed by atoms with Gasteiger partial charge in [0.1, 0.15) is 5.69 Å². The number of ether oxygens (including phenoxy) is 4. The van der Waals surface area contributed by atoms with Crippen molar-refractivity contribution in [1.82, 2.24) is 0 Å². The van der Waals surface area contributed by atoms with Gasteiger partial charge >= 0.3 is 0 Å². The zero-order valence-electron chi connectivity index (χ0n) is 20.0. The summed E-state index contributed by atoms with van der Waals surface area (Å²) in [7, 11) is 6.20. The van der Waals surface area contributed by atoms with E-state index >= 15 is 0 Å².